The summed E-state index contributed by atoms with van der Waals surface area (Å²) in [6, 6.07) is 7.00. The van der Waals surface area contributed by atoms with E-state index in [0.717, 1.165) is 30.3 Å². The van der Waals surface area contributed by atoms with E-state index in [1.165, 1.54) is 13.2 Å². The molecule has 0 radical (unpaired) electrons. The largest absolute Gasteiger partial charge is 0.497 e. The Morgan fingerprint density at radius 2 is 1.75 bits per heavy atom. The second-order valence-corrected chi connectivity index (χ2v) is 5.36. The first-order valence-electron chi connectivity index (χ1n) is 7.45. The van der Waals surface area contributed by atoms with Gasteiger partial charge in [-0.25, -0.2) is 0 Å². The molecular formula is C17H12F6N2O3. The third kappa shape index (κ3) is 4.72. The van der Waals surface area contributed by atoms with Crippen LogP contribution in [0.2, 0.25) is 0 Å². The van der Waals surface area contributed by atoms with Crippen LogP contribution in [0.1, 0.15) is 5.56 Å². The van der Waals surface area contributed by atoms with Crippen LogP contribution in [-0.4, -0.2) is 25.6 Å². The summed E-state index contributed by atoms with van der Waals surface area (Å²) in [4.78, 5) is 23.5. The summed E-state index contributed by atoms with van der Waals surface area (Å²) < 4.78 is 81.4. The van der Waals surface area contributed by atoms with Crippen molar-refractivity contribution in [1.82, 2.24) is 0 Å². The minimum Gasteiger partial charge on any atom is -0.497 e. The van der Waals surface area contributed by atoms with Gasteiger partial charge < -0.3 is 10.1 Å². The molecule has 2 rings (SSSR count). The number of carbonyl (C=O) groups excluding carboxylic acids is 2. The first-order valence-corrected chi connectivity index (χ1v) is 7.45. The van der Waals surface area contributed by atoms with Gasteiger partial charge in [0.25, 0.3) is 0 Å². The molecule has 0 aromatic heterocycles. The number of nitrogens with one attached hydrogen (secondary N) is 1. The second-order valence-electron chi connectivity index (χ2n) is 5.36. The maximum Gasteiger partial charge on any atom is 0.471 e. The van der Waals surface area contributed by atoms with Gasteiger partial charge >= 0.3 is 18.3 Å². The molecule has 0 heterocycles. The lowest BCUT2D eigenvalue weighted by Gasteiger charge is -2.23. The molecule has 0 aliphatic rings. The Morgan fingerprint density at radius 3 is 2.29 bits per heavy atom. The number of rotatable bonds is 5. The van der Waals surface area contributed by atoms with Crippen LogP contribution in [-0.2, 0) is 15.8 Å². The van der Waals surface area contributed by atoms with Crippen LogP contribution >= 0.6 is 0 Å². The monoisotopic (exact) mass is 406 g/mol. The van der Waals surface area contributed by atoms with Crippen molar-refractivity contribution in [1.29, 1.82) is 0 Å². The number of ether oxygens (including phenoxy) is 1. The highest BCUT2D eigenvalue weighted by Crippen LogP contribution is 2.37. The number of nitrogens with zero attached hydrogens (tertiary/aromatic N) is 1. The van der Waals surface area contributed by atoms with Crippen molar-refractivity contribution in [2.75, 3.05) is 17.3 Å². The number of carbonyl (C=O) groups is 2. The number of methoxy groups -OCH3 is 1. The van der Waals surface area contributed by atoms with Gasteiger partial charge in [0.05, 0.1) is 24.0 Å². The van der Waals surface area contributed by atoms with Crippen LogP contribution in [0, 0.1) is 0 Å². The number of hydrogen-bond acceptors (Lipinski definition) is 3. The zero-order valence-corrected chi connectivity index (χ0v) is 14.1. The molecule has 1 N–H and O–H groups in total. The normalized spacial score (nSPS) is 11.7. The Morgan fingerprint density at radius 1 is 1.07 bits per heavy atom. The van der Waals surface area contributed by atoms with Gasteiger partial charge in [0.1, 0.15) is 5.75 Å². The molecule has 0 atom stereocenters. The molecule has 28 heavy (non-hydrogen) atoms. The third-order valence-corrected chi connectivity index (χ3v) is 3.53. The van der Waals surface area contributed by atoms with Crippen LogP contribution in [0.4, 0.5) is 43.4 Å². The van der Waals surface area contributed by atoms with E-state index in [0.29, 0.717) is 11.0 Å². The van der Waals surface area contributed by atoms with Gasteiger partial charge in [-0.1, -0.05) is 6.07 Å². The van der Waals surface area contributed by atoms with Gasteiger partial charge in [-0.15, -0.1) is 0 Å². The minimum atomic E-state index is -5.22. The average Bonchev–Trinajstić information content (AvgIpc) is 2.62. The number of benzene rings is 2. The Bertz CT molecular complexity index is 880. The molecule has 0 bridgehead atoms. The highest BCUT2D eigenvalue weighted by molar-refractivity contribution is 6.01. The van der Waals surface area contributed by atoms with E-state index in [2.05, 4.69) is 0 Å². The maximum absolute atomic E-state index is 12.9. The van der Waals surface area contributed by atoms with Crippen molar-refractivity contribution in [3.8, 4) is 5.75 Å². The van der Waals surface area contributed by atoms with Crippen molar-refractivity contribution < 1.29 is 40.7 Å². The van der Waals surface area contributed by atoms with Crippen LogP contribution < -0.4 is 15.0 Å². The lowest BCUT2D eigenvalue weighted by atomic mass is 10.1. The fourth-order valence-electron chi connectivity index (χ4n) is 2.23. The SMILES string of the molecule is COc1ccc(N(C=O)c2cccc(C(F)(F)F)c2)c(NC(=O)C(F)(F)F)c1. The predicted molar refractivity (Wildman–Crippen MR) is 87.3 cm³/mol. The van der Waals surface area contributed by atoms with Crippen LogP contribution in [0.3, 0.4) is 0 Å². The summed E-state index contributed by atoms with van der Waals surface area (Å²) in [5, 5.41) is 1.59. The van der Waals surface area contributed by atoms with E-state index in [4.69, 9.17) is 4.74 Å². The summed E-state index contributed by atoms with van der Waals surface area (Å²) >= 11 is 0. The Kier molecular flexibility index (Phi) is 5.86. The minimum absolute atomic E-state index is 0.0520. The summed E-state index contributed by atoms with van der Waals surface area (Å²) in [6.07, 6.45) is -9.80. The van der Waals surface area contributed by atoms with Gasteiger partial charge in [0.2, 0.25) is 6.41 Å². The van der Waals surface area contributed by atoms with E-state index in [9.17, 15) is 35.9 Å². The fraction of sp³-hybridized carbons (Fsp3) is 0.176. The highest BCUT2D eigenvalue weighted by atomic mass is 19.4. The van der Waals surface area contributed by atoms with Gasteiger partial charge in [-0.05, 0) is 30.3 Å². The quantitative estimate of drug-likeness (QED) is 0.587. The molecule has 0 saturated heterocycles. The van der Waals surface area contributed by atoms with E-state index < -0.39 is 29.5 Å². The molecule has 0 aliphatic heterocycles. The molecule has 0 fully saturated rings. The Labute approximate surface area is 154 Å². The number of halogens is 6. The molecule has 5 nitrogen and oxygen atoms in total. The maximum atomic E-state index is 12.9. The van der Waals surface area contributed by atoms with Crippen LogP contribution in [0.25, 0.3) is 0 Å². The zero-order valence-electron chi connectivity index (χ0n) is 14.1. The van der Waals surface area contributed by atoms with Crippen molar-refractivity contribution in [3.05, 3.63) is 48.0 Å². The van der Waals surface area contributed by atoms with Crippen LogP contribution in [0.5, 0.6) is 5.75 Å². The standard InChI is InChI=1S/C17H12F6N2O3/c1-28-12-5-6-14(13(8-12)24-15(27)17(21,22)23)25(9-26)11-4-2-3-10(7-11)16(18,19)20/h2-9H,1H3,(H,24,27). The van der Waals surface area contributed by atoms with Crippen molar-refractivity contribution in [2.24, 2.45) is 0 Å². The van der Waals surface area contributed by atoms with E-state index in [-0.39, 0.29) is 23.5 Å². The molecule has 150 valence electrons. The van der Waals surface area contributed by atoms with Gasteiger partial charge in [0, 0.05) is 11.8 Å². The van der Waals surface area contributed by atoms with Gasteiger partial charge in [0.15, 0.2) is 0 Å². The fourth-order valence-corrected chi connectivity index (χ4v) is 2.23. The van der Waals surface area contributed by atoms with Crippen molar-refractivity contribution in [3.63, 3.8) is 0 Å². The van der Waals surface area contributed by atoms with Crippen molar-refractivity contribution in [2.45, 2.75) is 12.4 Å². The molecule has 11 heteroatoms. The van der Waals surface area contributed by atoms with Gasteiger partial charge in [-0.2, -0.15) is 26.3 Å². The topological polar surface area (TPSA) is 58.6 Å². The third-order valence-electron chi connectivity index (χ3n) is 3.53. The smallest absolute Gasteiger partial charge is 0.471 e. The Hall–Kier alpha value is -3.24. The van der Waals surface area contributed by atoms with Crippen molar-refractivity contribution >= 4 is 29.4 Å². The highest BCUT2D eigenvalue weighted by Gasteiger charge is 2.39. The zero-order chi connectivity index (χ0) is 21.1. The summed E-state index contributed by atoms with van der Waals surface area (Å²) in [5.41, 5.74) is -2.09. The lowest BCUT2D eigenvalue weighted by molar-refractivity contribution is -0.167. The molecule has 0 unspecified atom stereocenters. The van der Waals surface area contributed by atoms with Crippen LogP contribution in [0.15, 0.2) is 42.5 Å². The number of alkyl halides is 6. The number of amides is 2. The molecule has 0 aliphatic carbocycles. The first-order chi connectivity index (χ1) is 13.0. The molecule has 2 amide bonds. The van der Waals surface area contributed by atoms with E-state index in [1.807, 2.05) is 0 Å². The molecule has 0 spiro atoms. The molecule has 2 aromatic carbocycles. The second kappa shape index (κ2) is 7.79. The average molecular weight is 406 g/mol. The number of anilines is 3. The first kappa shape index (κ1) is 21.1. The van der Waals surface area contributed by atoms with E-state index in [1.54, 1.807) is 5.32 Å². The lowest BCUT2D eigenvalue weighted by Crippen LogP contribution is -2.30. The predicted octanol–water partition coefficient (Wildman–Crippen LogP) is 4.51. The number of hydrogen-bond donors (Lipinski definition) is 1. The summed E-state index contributed by atoms with van der Waals surface area (Å²) in [6.45, 7) is 0. The molecular weight excluding hydrogens is 394 g/mol. The molecule has 2 aromatic rings. The Balaban J connectivity index is 2.55. The van der Waals surface area contributed by atoms with Gasteiger partial charge in [-0.3, -0.25) is 14.5 Å². The molecule has 0 saturated carbocycles. The van der Waals surface area contributed by atoms with E-state index >= 15 is 0 Å². The summed E-state index contributed by atoms with van der Waals surface area (Å²) in [5.74, 6) is -2.27. The summed E-state index contributed by atoms with van der Waals surface area (Å²) in [7, 11) is 1.22.